The monoisotopic (exact) mass is 420 g/mol. The highest BCUT2D eigenvalue weighted by atomic mass is 79.9. The molecule has 0 bridgehead atoms. The first-order valence-electron chi connectivity index (χ1n) is 8.94. The molecule has 1 aliphatic carbocycles. The second-order valence-corrected chi connectivity index (χ2v) is 7.66. The molecule has 1 heterocycles. The summed E-state index contributed by atoms with van der Waals surface area (Å²) in [6.07, 6.45) is 2.23. The van der Waals surface area contributed by atoms with Crippen LogP contribution < -0.4 is 4.90 Å². The number of hydrogen-bond acceptors (Lipinski definition) is 3. The summed E-state index contributed by atoms with van der Waals surface area (Å²) in [5.41, 5.74) is 3.81. The molecule has 134 valence electrons. The first-order chi connectivity index (χ1) is 13.1. The summed E-state index contributed by atoms with van der Waals surface area (Å²) < 4.78 is 0.917. The zero-order valence-corrected chi connectivity index (χ0v) is 16.2. The van der Waals surface area contributed by atoms with Crippen LogP contribution >= 0.6 is 15.9 Å². The molecule has 5 heteroatoms. The van der Waals surface area contributed by atoms with Crippen molar-refractivity contribution in [3.8, 4) is 6.07 Å². The van der Waals surface area contributed by atoms with Gasteiger partial charge in [0.25, 0.3) is 0 Å². The summed E-state index contributed by atoms with van der Waals surface area (Å²) in [5, 5.41) is 9.01. The van der Waals surface area contributed by atoms with E-state index in [1.807, 2.05) is 24.3 Å². The number of allylic oxidation sites excluding steroid dienone is 2. The van der Waals surface area contributed by atoms with Gasteiger partial charge in [-0.05, 0) is 48.7 Å². The number of halogens is 1. The van der Waals surface area contributed by atoms with Gasteiger partial charge in [0, 0.05) is 40.2 Å². The van der Waals surface area contributed by atoms with Crippen molar-refractivity contribution in [2.45, 2.75) is 31.6 Å². The van der Waals surface area contributed by atoms with Crippen LogP contribution in [0, 0.1) is 11.3 Å². The number of rotatable bonds is 2. The van der Waals surface area contributed by atoms with Crippen LogP contribution in [0.1, 0.15) is 42.7 Å². The van der Waals surface area contributed by atoms with Gasteiger partial charge in [0.1, 0.15) is 0 Å². The molecule has 2 aliphatic rings. The molecule has 1 aliphatic heterocycles. The fourth-order valence-corrected chi connectivity index (χ4v) is 4.56. The molecule has 1 unspecified atom stereocenters. The highest BCUT2D eigenvalue weighted by Gasteiger charge is 2.40. The van der Waals surface area contributed by atoms with Crippen LogP contribution in [0.25, 0.3) is 0 Å². The molecule has 27 heavy (non-hydrogen) atoms. The van der Waals surface area contributed by atoms with Crippen molar-refractivity contribution in [2.24, 2.45) is 0 Å². The van der Waals surface area contributed by atoms with E-state index < -0.39 is 0 Å². The molecule has 4 rings (SSSR count). The van der Waals surface area contributed by atoms with Crippen LogP contribution in [0.5, 0.6) is 0 Å². The summed E-state index contributed by atoms with van der Waals surface area (Å²) in [6, 6.07) is 16.8. The van der Waals surface area contributed by atoms with Gasteiger partial charge in [0.2, 0.25) is 5.91 Å². The van der Waals surface area contributed by atoms with Gasteiger partial charge in [-0.15, -0.1) is 0 Å². The lowest BCUT2D eigenvalue weighted by Gasteiger charge is -2.38. The van der Waals surface area contributed by atoms with Crippen molar-refractivity contribution < 1.29 is 9.59 Å². The first kappa shape index (κ1) is 17.7. The van der Waals surface area contributed by atoms with Gasteiger partial charge < -0.3 is 0 Å². The Morgan fingerprint density at radius 2 is 1.78 bits per heavy atom. The first-order valence-corrected chi connectivity index (χ1v) is 9.73. The van der Waals surface area contributed by atoms with Gasteiger partial charge in [0.05, 0.1) is 11.6 Å². The molecule has 0 aromatic heterocycles. The van der Waals surface area contributed by atoms with Crippen LogP contribution in [-0.2, 0) is 9.59 Å². The van der Waals surface area contributed by atoms with Crippen LogP contribution in [-0.4, -0.2) is 11.7 Å². The molecule has 1 amide bonds. The van der Waals surface area contributed by atoms with E-state index >= 15 is 0 Å². The predicted octanol–water partition coefficient (Wildman–Crippen LogP) is 4.85. The number of carbonyl (C=O) groups is 2. The Bertz CT molecular complexity index is 1000. The number of nitriles is 1. The standard InChI is InChI=1S/C22H17BrN2O2/c23-18-5-2-1-4-16(18)17-12-21(27)25(15-10-8-14(13-24)9-11-15)19-6-3-7-20(26)22(17)19/h1-2,4-5,8-11,17H,3,6-7,12H2. The molecule has 2 aromatic carbocycles. The Hall–Kier alpha value is -2.71. The average molecular weight is 421 g/mol. The molecule has 0 fully saturated rings. The number of nitrogens with zero attached hydrogens (tertiary/aromatic N) is 2. The number of hydrogen-bond donors (Lipinski definition) is 0. The van der Waals surface area contributed by atoms with Crippen molar-refractivity contribution in [2.75, 3.05) is 4.90 Å². The highest BCUT2D eigenvalue weighted by molar-refractivity contribution is 9.10. The molecule has 1 atom stereocenters. The smallest absolute Gasteiger partial charge is 0.232 e. The third kappa shape index (κ3) is 3.11. The maximum absolute atomic E-state index is 13.1. The average Bonchev–Trinajstić information content (AvgIpc) is 2.68. The third-order valence-electron chi connectivity index (χ3n) is 5.21. The molecule has 2 aromatic rings. The third-order valence-corrected chi connectivity index (χ3v) is 5.93. The van der Waals surface area contributed by atoms with Crippen molar-refractivity contribution >= 4 is 33.3 Å². The minimum absolute atomic E-state index is 0.0195. The summed E-state index contributed by atoms with van der Waals surface area (Å²) in [5.74, 6) is -0.109. The Morgan fingerprint density at radius 1 is 1.04 bits per heavy atom. The van der Waals surface area contributed by atoms with Crippen LogP contribution in [0.15, 0.2) is 64.3 Å². The molecular weight excluding hydrogens is 404 g/mol. The fourth-order valence-electron chi connectivity index (χ4n) is 4.00. The van der Waals surface area contributed by atoms with E-state index in [0.29, 0.717) is 24.1 Å². The number of amides is 1. The minimum atomic E-state index is -0.217. The van der Waals surface area contributed by atoms with E-state index in [9.17, 15) is 9.59 Å². The lowest BCUT2D eigenvalue weighted by molar-refractivity contribution is -0.119. The molecule has 0 N–H and O–H groups in total. The number of anilines is 1. The number of Topliss-reactive ketones (excluding diaryl/α,β-unsaturated/α-hetero) is 1. The second kappa shape index (κ2) is 7.13. The van der Waals surface area contributed by atoms with E-state index in [2.05, 4.69) is 22.0 Å². The van der Waals surface area contributed by atoms with Crippen molar-refractivity contribution in [1.29, 1.82) is 5.26 Å². The van der Waals surface area contributed by atoms with Gasteiger partial charge in [-0.3, -0.25) is 14.5 Å². The van der Waals surface area contributed by atoms with Gasteiger partial charge in [-0.2, -0.15) is 5.26 Å². The molecule has 0 radical (unpaired) electrons. The summed E-state index contributed by atoms with van der Waals surface area (Å²) >= 11 is 3.57. The van der Waals surface area contributed by atoms with Crippen LogP contribution in [0.3, 0.4) is 0 Å². The maximum atomic E-state index is 13.1. The summed E-state index contributed by atoms with van der Waals surface area (Å²) in [4.78, 5) is 27.6. The van der Waals surface area contributed by atoms with Crippen LogP contribution in [0.2, 0.25) is 0 Å². The summed E-state index contributed by atoms with van der Waals surface area (Å²) in [7, 11) is 0. The fraction of sp³-hybridized carbons (Fsp3) is 0.227. The Labute approximate surface area is 166 Å². The Morgan fingerprint density at radius 3 is 2.48 bits per heavy atom. The highest BCUT2D eigenvalue weighted by Crippen LogP contribution is 2.44. The largest absolute Gasteiger partial charge is 0.294 e. The lowest BCUT2D eigenvalue weighted by Crippen LogP contribution is -2.40. The van der Waals surface area contributed by atoms with E-state index in [0.717, 1.165) is 27.7 Å². The lowest BCUT2D eigenvalue weighted by atomic mass is 9.77. The zero-order valence-electron chi connectivity index (χ0n) is 14.6. The van der Waals surface area contributed by atoms with Gasteiger partial charge in [-0.25, -0.2) is 0 Å². The van der Waals surface area contributed by atoms with E-state index in [-0.39, 0.29) is 24.0 Å². The molecular formula is C22H17BrN2O2. The quantitative estimate of drug-likeness (QED) is 0.697. The topological polar surface area (TPSA) is 61.2 Å². The maximum Gasteiger partial charge on any atom is 0.232 e. The number of ketones is 1. The van der Waals surface area contributed by atoms with Crippen molar-refractivity contribution in [3.63, 3.8) is 0 Å². The molecule has 0 spiro atoms. The van der Waals surface area contributed by atoms with Crippen LogP contribution in [0.4, 0.5) is 5.69 Å². The number of benzene rings is 2. The molecule has 0 saturated carbocycles. The minimum Gasteiger partial charge on any atom is -0.294 e. The van der Waals surface area contributed by atoms with E-state index in [1.54, 1.807) is 29.2 Å². The predicted molar refractivity (Wildman–Crippen MR) is 106 cm³/mol. The SMILES string of the molecule is N#Cc1ccc(N2C(=O)CC(c3ccccc3Br)C3=C2CCCC3=O)cc1. The molecule has 4 nitrogen and oxygen atoms in total. The summed E-state index contributed by atoms with van der Waals surface area (Å²) in [6.45, 7) is 0. The van der Waals surface area contributed by atoms with E-state index in [4.69, 9.17) is 5.26 Å². The van der Waals surface area contributed by atoms with Gasteiger partial charge in [0.15, 0.2) is 5.78 Å². The molecule has 0 saturated heterocycles. The zero-order chi connectivity index (χ0) is 19.0. The van der Waals surface area contributed by atoms with E-state index in [1.165, 1.54) is 0 Å². The Balaban J connectivity index is 1.86. The Kier molecular flexibility index (Phi) is 4.67. The van der Waals surface area contributed by atoms with Gasteiger partial charge >= 0.3 is 0 Å². The normalized spacial score (nSPS) is 19.7. The van der Waals surface area contributed by atoms with Crippen molar-refractivity contribution in [3.05, 3.63) is 75.4 Å². The number of carbonyl (C=O) groups excluding carboxylic acids is 2. The van der Waals surface area contributed by atoms with Gasteiger partial charge in [-0.1, -0.05) is 34.1 Å². The second-order valence-electron chi connectivity index (χ2n) is 6.80. The van der Waals surface area contributed by atoms with Crippen molar-refractivity contribution in [1.82, 2.24) is 0 Å².